The lowest BCUT2D eigenvalue weighted by atomic mass is 9.97. The van der Waals surface area contributed by atoms with E-state index in [1.807, 2.05) is 18.2 Å². The van der Waals surface area contributed by atoms with Crippen molar-refractivity contribution in [1.29, 1.82) is 0 Å². The van der Waals surface area contributed by atoms with E-state index < -0.39 is 0 Å². The molecule has 0 fully saturated rings. The Bertz CT molecular complexity index is 362. The molecule has 0 spiro atoms. The highest BCUT2D eigenvalue weighted by atomic mass is 35.5. The molecule has 1 N–H and O–H groups in total. The van der Waals surface area contributed by atoms with E-state index in [0.717, 1.165) is 25.1 Å². The molecule has 0 aromatic heterocycles. The minimum absolute atomic E-state index is 0.0000372. The second-order valence-corrected chi connectivity index (χ2v) is 3.73. The number of benzene rings is 1. The lowest BCUT2D eigenvalue weighted by Gasteiger charge is -2.17. The summed E-state index contributed by atoms with van der Waals surface area (Å²) in [4.78, 5) is 11.3. The van der Waals surface area contributed by atoms with Crippen molar-refractivity contribution in [3.8, 4) is 0 Å². The van der Waals surface area contributed by atoms with Gasteiger partial charge in [-0.3, -0.25) is 4.79 Å². The molecule has 1 aromatic carbocycles. The zero-order chi connectivity index (χ0) is 9.97. The standard InChI is InChI=1S/C11H12ClNO/c12-6-11(14)9-2-1-8-3-4-13-7-10(8)5-9/h1-2,5,13H,3-4,6-7H2. The van der Waals surface area contributed by atoms with Crippen molar-refractivity contribution in [2.24, 2.45) is 0 Å². The van der Waals surface area contributed by atoms with Gasteiger partial charge >= 0.3 is 0 Å². The Hall–Kier alpha value is -0.860. The summed E-state index contributed by atoms with van der Waals surface area (Å²) in [5.41, 5.74) is 3.30. The number of fused-ring (bicyclic) bond motifs is 1. The van der Waals surface area contributed by atoms with Crippen molar-refractivity contribution in [1.82, 2.24) is 5.32 Å². The van der Waals surface area contributed by atoms with Gasteiger partial charge < -0.3 is 5.32 Å². The number of hydrogen-bond acceptors (Lipinski definition) is 2. The van der Waals surface area contributed by atoms with Crippen molar-refractivity contribution < 1.29 is 4.79 Å². The molecule has 0 unspecified atom stereocenters. The van der Waals surface area contributed by atoms with Gasteiger partial charge in [-0.2, -0.15) is 0 Å². The molecule has 0 bridgehead atoms. The van der Waals surface area contributed by atoms with Gasteiger partial charge in [0.15, 0.2) is 5.78 Å². The Morgan fingerprint density at radius 2 is 2.29 bits per heavy atom. The van der Waals surface area contributed by atoms with E-state index in [-0.39, 0.29) is 11.7 Å². The van der Waals surface area contributed by atoms with Crippen molar-refractivity contribution >= 4 is 17.4 Å². The van der Waals surface area contributed by atoms with E-state index in [4.69, 9.17) is 11.6 Å². The third-order valence-electron chi connectivity index (χ3n) is 2.54. The molecule has 1 heterocycles. The van der Waals surface area contributed by atoms with E-state index in [0.29, 0.717) is 0 Å². The summed E-state index contributed by atoms with van der Waals surface area (Å²) in [6.45, 7) is 1.88. The Morgan fingerprint density at radius 3 is 3.07 bits per heavy atom. The number of halogens is 1. The number of alkyl halides is 1. The van der Waals surface area contributed by atoms with E-state index in [1.54, 1.807) is 0 Å². The maximum absolute atomic E-state index is 11.3. The first-order chi connectivity index (χ1) is 6.81. The second-order valence-electron chi connectivity index (χ2n) is 3.47. The van der Waals surface area contributed by atoms with Crippen LogP contribution in [0.1, 0.15) is 21.5 Å². The molecule has 1 aliphatic heterocycles. The van der Waals surface area contributed by atoms with E-state index >= 15 is 0 Å². The van der Waals surface area contributed by atoms with Gasteiger partial charge in [0, 0.05) is 12.1 Å². The highest BCUT2D eigenvalue weighted by Gasteiger charge is 2.11. The summed E-state index contributed by atoms with van der Waals surface area (Å²) in [5.74, 6) is 0.0618. The lowest BCUT2D eigenvalue weighted by Crippen LogP contribution is -2.23. The molecule has 0 atom stereocenters. The Balaban J connectivity index is 2.33. The first-order valence-corrected chi connectivity index (χ1v) is 5.26. The maximum atomic E-state index is 11.3. The van der Waals surface area contributed by atoms with Crippen LogP contribution in [0.2, 0.25) is 0 Å². The monoisotopic (exact) mass is 209 g/mol. The largest absolute Gasteiger partial charge is 0.312 e. The normalized spacial score (nSPS) is 14.9. The second kappa shape index (κ2) is 4.11. The van der Waals surface area contributed by atoms with Gasteiger partial charge in [0.05, 0.1) is 5.88 Å². The molecular formula is C11H12ClNO. The van der Waals surface area contributed by atoms with Gasteiger partial charge in [0.2, 0.25) is 0 Å². The van der Waals surface area contributed by atoms with Gasteiger partial charge in [-0.15, -0.1) is 11.6 Å². The molecule has 74 valence electrons. The predicted molar refractivity (Wildman–Crippen MR) is 56.9 cm³/mol. The van der Waals surface area contributed by atoms with Crippen LogP contribution in [0, 0.1) is 0 Å². The Morgan fingerprint density at radius 1 is 1.43 bits per heavy atom. The predicted octanol–water partition coefficient (Wildman–Crippen LogP) is 1.75. The molecular weight excluding hydrogens is 198 g/mol. The minimum Gasteiger partial charge on any atom is -0.312 e. The topological polar surface area (TPSA) is 29.1 Å². The third kappa shape index (κ3) is 1.81. The van der Waals surface area contributed by atoms with Crippen molar-refractivity contribution in [3.05, 3.63) is 34.9 Å². The summed E-state index contributed by atoms with van der Waals surface area (Å²) in [6, 6.07) is 5.86. The quantitative estimate of drug-likeness (QED) is 0.594. The van der Waals surface area contributed by atoms with Crippen LogP contribution in [0.15, 0.2) is 18.2 Å². The van der Waals surface area contributed by atoms with Crippen molar-refractivity contribution in [2.45, 2.75) is 13.0 Å². The number of ketones is 1. The number of Topliss-reactive ketones (excluding diaryl/α,β-unsaturated/α-hetero) is 1. The van der Waals surface area contributed by atoms with Crippen LogP contribution >= 0.6 is 11.6 Å². The molecule has 3 heteroatoms. The van der Waals surface area contributed by atoms with Gasteiger partial charge in [0.1, 0.15) is 0 Å². The van der Waals surface area contributed by atoms with E-state index in [2.05, 4.69) is 5.32 Å². The highest BCUT2D eigenvalue weighted by Crippen LogP contribution is 2.16. The van der Waals surface area contributed by atoms with Gasteiger partial charge in [-0.05, 0) is 30.2 Å². The van der Waals surface area contributed by atoms with Crippen LogP contribution in [0.5, 0.6) is 0 Å². The number of hydrogen-bond donors (Lipinski definition) is 1. The summed E-state index contributed by atoms with van der Waals surface area (Å²) < 4.78 is 0. The average molecular weight is 210 g/mol. The van der Waals surface area contributed by atoms with Crippen LogP contribution in [-0.2, 0) is 13.0 Å². The molecule has 2 rings (SSSR count). The fraction of sp³-hybridized carbons (Fsp3) is 0.364. The van der Waals surface area contributed by atoms with E-state index in [9.17, 15) is 4.79 Å². The van der Waals surface area contributed by atoms with Gasteiger partial charge in [-0.1, -0.05) is 12.1 Å². The van der Waals surface area contributed by atoms with Crippen molar-refractivity contribution in [2.75, 3.05) is 12.4 Å². The molecule has 0 amide bonds. The third-order valence-corrected chi connectivity index (χ3v) is 2.78. The first-order valence-electron chi connectivity index (χ1n) is 4.73. The molecule has 1 aromatic rings. The van der Waals surface area contributed by atoms with Gasteiger partial charge in [-0.25, -0.2) is 0 Å². The molecule has 0 saturated carbocycles. The maximum Gasteiger partial charge on any atom is 0.177 e. The average Bonchev–Trinajstić information content (AvgIpc) is 2.27. The first kappa shape index (κ1) is 9.69. The molecule has 0 radical (unpaired) electrons. The summed E-state index contributed by atoms with van der Waals surface area (Å²) in [7, 11) is 0. The SMILES string of the molecule is O=C(CCl)c1ccc2c(c1)CNCC2. The zero-order valence-corrected chi connectivity index (χ0v) is 8.60. The van der Waals surface area contributed by atoms with Crippen LogP contribution in [-0.4, -0.2) is 18.2 Å². The van der Waals surface area contributed by atoms with Gasteiger partial charge in [0.25, 0.3) is 0 Å². The molecule has 14 heavy (non-hydrogen) atoms. The molecule has 0 saturated heterocycles. The van der Waals surface area contributed by atoms with E-state index in [1.165, 1.54) is 11.1 Å². The lowest BCUT2D eigenvalue weighted by molar-refractivity contribution is 0.102. The number of carbonyl (C=O) groups excluding carboxylic acids is 1. The summed E-state index contributed by atoms with van der Waals surface area (Å²) in [6.07, 6.45) is 1.05. The Kier molecular flexibility index (Phi) is 2.85. The fourth-order valence-corrected chi connectivity index (χ4v) is 1.89. The summed E-state index contributed by atoms with van der Waals surface area (Å²) in [5, 5.41) is 3.28. The highest BCUT2D eigenvalue weighted by molar-refractivity contribution is 6.30. The van der Waals surface area contributed by atoms with Crippen molar-refractivity contribution in [3.63, 3.8) is 0 Å². The number of nitrogens with one attached hydrogen (secondary N) is 1. The minimum atomic E-state index is 0.0000372. The smallest absolute Gasteiger partial charge is 0.177 e. The fourth-order valence-electron chi connectivity index (χ4n) is 1.73. The molecule has 1 aliphatic rings. The van der Waals surface area contributed by atoms with Crippen LogP contribution in [0.3, 0.4) is 0 Å². The molecule has 2 nitrogen and oxygen atoms in total. The summed E-state index contributed by atoms with van der Waals surface area (Å²) >= 11 is 5.50. The Labute approximate surface area is 88.3 Å². The van der Waals surface area contributed by atoms with Crippen LogP contribution < -0.4 is 5.32 Å². The molecule has 0 aliphatic carbocycles. The number of carbonyl (C=O) groups is 1. The van der Waals surface area contributed by atoms with Crippen LogP contribution in [0.25, 0.3) is 0 Å². The number of rotatable bonds is 2. The zero-order valence-electron chi connectivity index (χ0n) is 7.85. The van der Waals surface area contributed by atoms with Crippen LogP contribution in [0.4, 0.5) is 0 Å².